The van der Waals surface area contributed by atoms with E-state index in [4.69, 9.17) is 14.7 Å². The summed E-state index contributed by atoms with van der Waals surface area (Å²) in [5.74, 6) is 0.534. The van der Waals surface area contributed by atoms with Gasteiger partial charge in [-0.3, -0.25) is 9.69 Å². The lowest BCUT2D eigenvalue weighted by Gasteiger charge is -2.38. The second-order valence-corrected chi connectivity index (χ2v) is 7.55. The predicted molar refractivity (Wildman–Crippen MR) is 118 cm³/mol. The number of rotatable bonds is 4. The minimum absolute atomic E-state index is 0.140. The van der Waals surface area contributed by atoms with Crippen LogP contribution in [0.2, 0.25) is 0 Å². The van der Waals surface area contributed by atoms with Gasteiger partial charge in [-0.25, -0.2) is 4.79 Å². The summed E-state index contributed by atoms with van der Waals surface area (Å²) in [5, 5.41) is 12.1. The number of methoxy groups -OCH3 is 1. The van der Waals surface area contributed by atoms with Gasteiger partial charge in [0.2, 0.25) is 0 Å². The number of carbonyl (C=O) groups is 2. The van der Waals surface area contributed by atoms with Crippen LogP contribution < -0.4 is 15.0 Å². The van der Waals surface area contributed by atoms with E-state index in [-0.39, 0.29) is 11.9 Å². The van der Waals surface area contributed by atoms with Crippen molar-refractivity contribution in [1.29, 1.82) is 5.26 Å². The van der Waals surface area contributed by atoms with Gasteiger partial charge in [0.1, 0.15) is 5.75 Å². The van der Waals surface area contributed by atoms with E-state index in [1.807, 2.05) is 0 Å². The monoisotopic (exact) mass is 432 g/mol. The molecular weight excluding hydrogens is 408 g/mol. The molecule has 8 nitrogen and oxygen atoms in total. The van der Waals surface area contributed by atoms with Crippen molar-refractivity contribution in [2.75, 3.05) is 38.3 Å². The molecule has 2 heterocycles. The third kappa shape index (κ3) is 4.03. The molecule has 2 aliphatic rings. The SMILES string of the molecule is COc1ccc(N2C(=O)N[C@@H](c3ccc(C#N)cc3)C(C(=O)N3CCOCC3)=C2C)cc1. The van der Waals surface area contributed by atoms with Crippen molar-refractivity contribution in [3.8, 4) is 11.8 Å². The molecule has 0 saturated carbocycles. The summed E-state index contributed by atoms with van der Waals surface area (Å²) in [6.45, 7) is 3.73. The number of morpholine rings is 1. The normalized spacial score (nSPS) is 18.8. The maximum Gasteiger partial charge on any atom is 0.326 e. The Morgan fingerprint density at radius 3 is 2.38 bits per heavy atom. The van der Waals surface area contributed by atoms with Crippen LogP contribution in [0.25, 0.3) is 0 Å². The van der Waals surface area contributed by atoms with E-state index in [1.165, 1.54) is 4.90 Å². The van der Waals surface area contributed by atoms with Crippen LogP contribution in [-0.2, 0) is 9.53 Å². The van der Waals surface area contributed by atoms with Crippen LogP contribution in [0.4, 0.5) is 10.5 Å². The highest BCUT2D eigenvalue weighted by Crippen LogP contribution is 2.35. The highest BCUT2D eigenvalue weighted by Gasteiger charge is 2.38. The van der Waals surface area contributed by atoms with Crippen LogP contribution in [0.5, 0.6) is 5.75 Å². The molecule has 8 heteroatoms. The van der Waals surface area contributed by atoms with Crippen molar-refractivity contribution in [1.82, 2.24) is 10.2 Å². The van der Waals surface area contributed by atoms with Gasteiger partial charge in [-0.2, -0.15) is 5.26 Å². The number of ether oxygens (including phenoxy) is 2. The summed E-state index contributed by atoms with van der Waals surface area (Å²) in [6, 6.07) is 15.1. The molecule has 0 aliphatic carbocycles. The average Bonchev–Trinajstić information content (AvgIpc) is 2.84. The maximum absolute atomic E-state index is 13.6. The van der Waals surface area contributed by atoms with Gasteiger partial charge >= 0.3 is 6.03 Å². The standard InChI is InChI=1S/C24H24N4O4/c1-16-21(23(29)27-11-13-32-14-12-27)22(18-5-3-17(15-25)4-6-18)26-24(30)28(16)19-7-9-20(31-2)10-8-19/h3-10,22H,11-14H2,1-2H3,(H,26,30)/t22-/m0/s1. The number of anilines is 1. The van der Waals surface area contributed by atoms with Crippen LogP contribution in [0.15, 0.2) is 59.8 Å². The Balaban J connectivity index is 1.79. The molecule has 1 atom stereocenters. The fourth-order valence-corrected chi connectivity index (χ4v) is 4.00. The Hall–Kier alpha value is -3.83. The van der Waals surface area contributed by atoms with Gasteiger partial charge in [0, 0.05) is 18.8 Å². The van der Waals surface area contributed by atoms with Crippen LogP contribution >= 0.6 is 0 Å². The van der Waals surface area contributed by atoms with Crippen LogP contribution in [-0.4, -0.2) is 50.3 Å². The lowest BCUT2D eigenvalue weighted by Crippen LogP contribution is -2.51. The number of amides is 3. The molecule has 164 valence electrons. The van der Waals surface area contributed by atoms with Crippen molar-refractivity contribution >= 4 is 17.6 Å². The first-order valence-electron chi connectivity index (χ1n) is 10.4. The van der Waals surface area contributed by atoms with Gasteiger partial charge in [0.15, 0.2) is 0 Å². The molecule has 4 rings (SSSR count). The second-order valence-electron chi connectivity index (χ2n) is 7.55. The van der Waals surface area contributed by atoms with Gasteiger partial charge in [-0.05, 0) is 48.9 Å². The number of urea groups is 1. The molecule has 3 amide bonds. The first-order chi connectivity index (χ1) is 15.5. The van der Waals surface area contributed by atoms with E-state index in [0.717, 1.165) is 5.56 Å². The number of benzene rings is 2. The molecular formula is C24H24N4O4. The summed E-state index contributed by atoms with van der Waals surface area (Å²) in [5.41, 5.74) is 2.93. The molecule has 1 fully saturated rings. The molecule has 0 aromatic heterocycles. The highest BCUT2D eigenvalue weighted by molar-refractivity contribution is 6.04. The number of nitriles is 1. The number of nitrogens with zero attached hydrogens (tertiary/aromatic N) is 3. The molecule has 2 aromatic rings. The van der Waals surface area contributed by atoms with E-state index >= 15 is 0 Å². The molecule has 32 heavy (non-hydrogen) atoms. The molecule has 0 unspecified atom stereocenters. The lowest BCUT2D eigenvalue weighted by atomic mass is 9.93. The van der Waals surface area contributed by atoms with Gasteiger partial charge in [-0.15, -0.1) is 0 Å². The lowest BCUT2D eigenvalue weighted by molar-refractivity contribution is -0.131. The van der Waals surface area contributed by atoms with Crippen molar-refractivity contribution in [3.63, 3.8) is 0 Å². The summed E-state index contributed by atoms with van der Waals surface area (Å²) in [4.78, 5) is 30.0. The van der Waals surface area contributed by atoms with E-state index in [9.17, 15) is 9.59 Å². The zero-order valence-electron chi connectivity index (χ0n) is 18.0. The van der Waals surface area contributed by atoms with E-state index in [1.54, 1.807) is 67.5 Å². The zero-order chi connectivity index (χ0) is 22.7. The van der Waals surface area contributed by atoms with Crippen molar-refractivity contribution < 1.29 is 19.1 Å². The Labute approximate surface area is 186 Å². The number of allylic oxidation sites excluding steroid dienone is 1. The van der Waals surface area contributed by atoms with Crippen LogP contribution in [0.3, 0.4) is 0 Å². The third-order valence-electron chi connectivity index (χ3n) is 5.72. The number of hydrogen-bond donors (Lipinski definition) is 1. The van der Waals surface area contributed by atoms with Gasteiger partial charge in [0.05, 0.1) is 49.3 Å². The summed E-state index contributed by atoms with van der Waals surface area (Å²) in [7, 11) is 1.58. The third-order valence-corrected chi connectivity index (χ3v) is 5.72. The summed E-state index contributed by atoms with van der Waals surface area (Å²) in [6.07, 6.45) is 0. The summed E-state index contributed by atoms with van der Waals surface area (Å²) < 4.78 is 10.6. The van der Waals surface area contributed by atoms with Crippen LogP contribution in [0.1, 0.15) is 24.1 Å². The largest absolute Gasteiger partial charge is 0.497 e. The fraction of sp³-hybridized carbons (Fsp3) is 0.292. The Morgan fingerprint density at radius 1 is 1.12 bits per heavy atom. The number of carbonyl (C=O) groups excluding carboxylic acids is 2. The minimum Gasteiger partial charge on any atom is -0.497 e. The van der Waals surface area contributed by atoms with E-state index < -0.39 is 6.04 Å². The van der Waals surface area contributed by atoms with Crippen molar-refractivity contribution in [2.24, 2.45) is 0 Å². The Morgan fingerprint density at radius 2 is 1.78 bits per heavy atom. The Kier molecular flexibility index (Phi) is 6.10. The van der Waals surface area contributed by atoms with Gasteiger partial charge in [-0.1, -0.05) is 12.1 Å². The molecule has 0 radical (unpaired) electrons. The Bertz CT molecular complexity index is 1080. The summed E-state index contributed by atoms with van der Waals surface area (Å²) >= 11 is 0. The van der Waals surface area contributed by atoms with E-state index in [2.05, 4.69) is 11.4 Å². The minimum atomic E-state index is -0.625. The zero-order valence-corrected chi connectivity index (χ0v) is 18.0. The van der Waals surface area contributed by atoms with Crippen molar-refractivity contribution in [3.05, 3.63) is 70.9 Å². The fourth-order valence-electron chi connectivity index (χ4n) is 4.00. The topological polar surface area (TPSA) is 94.9 Å². The number of hydrogen-bond acceptors (Lipinski definition) is 5. The highest BCUT2D eigenvalue weighted by atomic mass is 16.5. The van der Waals surface area contributed by atoms with Gasteiger partial charge in [0.25, 0.3) is 5.91 Å². The molecule has 2 aliphatic heterocycles. The average molecular weight is 432 g/mol. The predicted octanol–water partition coefficient (Wildman–Crippen LogP) is 2.97. The first kappa shape index (κ1) is 21.4. The molecule has 2 aromatic carbocycles. The van der Waals surface area contributed by atoms with Gasteiger partial charge < -0.3 is 19.7 Å². The maximum atomic E-state index is 13.6. The van der Waals surface area contributed by atoms with Crippen LogP contribution in [0, 0.1) is 11.3 Å². The molecule has 0 bridgehead atoms. The number of nitrogens with one attached hydrogen (secondary N) is 1. The quantitative estimate of drug-likeness (QED) is 0.802. The molecule has 0 spiro atoms. The first-order valence-corrected chi connectivity index (χ1v) is 10.4. The molecule has 1 N–H and O–H groups in total. The van der Waals surface area contributed by atoms with Crippen molar-refractivity contribution in [2.45, 2.75) is 13.0 Å². The second kappa shape index (κ2) is 9.12. The van der Waals surface area contributed by atoms with E-state index in [0.29, 0.717) is 54.6 Å². The molecule has 1 saturated heterocycles. The smallest absolute Gasteiger partial charge is 0.326 e.